The zero-order chi connectivity index (χ0) is 11.5. The molecule has 0 aliphatic heterocycles. The van der Waals surface area contributed by atoms with Crippen LogP contribution in [-0.2, 0) is 0 Å². The molecule has 0 aliphatic carbocycles. The summed E-state index contributed by atoms with van der Waals surface area (Å²) in [7, 11) is 0. The first-order valence-electron chi connectivity index (χ1n) is 4.52. The molecule has 1 heterocycles. The van der Waals surface area contributed by atoms with Crippen LogP contribution in [0.2, 0.25) is 5.15 Å². The van der Waals surface area contributed by atoms with Crippen LogP contribution in [-0.4, -0.2) is 4.98 Å². The second kappa shape index (κ2) is 4.30. The molecule has 0 aliphatic rings. The largest absolute Gasteiger partial charge is 0.236 e. The van der Waals surface area contributed by atoms with Crippen molar-refractivity contribution in [1.29, 1.82) is 5.26 Å². The Hall–Kier alpha value is -1.92. The van der Waals surface area contributed by atoms with E-state index in [0.29, 0.717) is 16.4 Å². The molecule has 0 saturated carbocycles. The Morgan fingerprint density at radius 2 is 2.06 bits per heavy atom. The Kier molecular flexibility index (Phi) is 2.84. The highest BCUT2D eigenvalue weighted by molar-refractivity contribution is 6.29. The SMILES string of the molecule is N#Cc1cc(F)cc(-c2cccc(Cl)n2)c1. The molecule has 4 heteroatoms. The number of nitrogens with zero attached hydrogens (tertiary/aromatic N) is 2. The first kappa shape index (κ1) is 10.6. The van der Waals surface area contributed by atoms with Gasteiger partial charge in [-0.25, -0.2) is 9.37 Å². The van der Waals surface area contributed by atoms with Crippen molar-refractivity contribution in [1.82, 2.24) is 4.98 Å². The first-order valence-corrected chi connectivity index (χ1v) is 4.90. The lowest BCUT2D eigenvalue weighted by Gasteiger charge is -2.02. The van der Waals surface area contributed by atoms with Gasteiger partial charge in [0.1, 0.15) is 11.0 Å². The van der Waals surface area contributed by atoms with Crippen molar-refractivity contribution in [3.8, 4) is 17.3 Å². The molecule has 0 atom stereocenters. The van der Waals surface area contributed by atoms with Crippen LogP contribution in [0.1, 0.15) is 5.56 Å². The third-order valence-electron chi connectivity index (χ3n) is 2.04. The predicted octanol–water partition coefficient (Wildman–Crippen LogP) is 3.41. The van der Waals surface area contributed by atoms with Gasteiger partial charge in [0.05, 0.1) is 17.3 Å². The van der Waals surface area contributed by atoms with Crippen molar-refractivity contribution < 1.29 is 4.39 Å². The lowest BCUT2D eigenvalue weighted by atomic mass is 10.1. The highest BCUT2D eigenvalue weighted by Crippen LogP contribution is 2.21. The van der Waals surface area contributed by atoms with Gasteiger partial charge >= 0.3 is 0 Å². The Labute approximate surface area is 96.9 Å². The van der Waals surface area contributed by atoms with Gasteiger partial charge in [-0.1, -0.05) is 17.7 Å². The summed E-state index contributed by atoms with van der Waals surface area (Å²) in [4.78, 5) is 4.05. The summed E-state index contributed by atoms with van der Waals surface area (Å²) in [5, 5.41) is 9.06. The van der Waals surface area contributed by atoms with Gasteiger partial charge in [-0.2, -0.15) is 5.26 Å². The monoisotopic (exact) mass is 232 g/mol. The molecule has 0 bridgehead atoms. The quantitative estimate of drug-likeness (QED) is 0.707. The number of hydrogen-bond donors (Lipinski definition) is 0. The van der Waals surface area contributed by atoms with E-state index in [-0.39, 0.29) is 5.56 Å². The van der Waals surface area contributed by atoms with Gasteiger partial charge < -0.3 is 0 Å². The fourth-order valence-electron chi connectivity index (χ4n) is 1.37. The smallest absolute Gasteiger partial charge is 0.129 e. The van der Waals surface area contributed by atoms with E-state index in [1.54, 1.807) is 24.3 Å². The van der Waals surface area contributed by atoms with E-state index in [2.05, 4.69) is 4.98 Å². The number of nitriles is 1. The van der Waals surface area contributed by atoms with Crippen LogP contribution in [0.25, 0.3) is 11.3 Å². The average molecular weight is 233 g/mol. The van der Waals surface area contributed by atoms with Gasteiger partial charge in [0.2, 0.25) is 0 Å². The van der Waals surface area contributed by atoms with E-state index < -0.39 is 5.82 Å². The van der Waals surface area contributed by atoms with Crippen LogP contribution in [0.3, 0.4) is 0 Å². The fraction of sp³-hybridized carbons (Fsp3) is 0. The van der Waals surface area contributed by atoms with E-state index >= 15 is 0 Å². The van der Waals surface area contributed by atoms with Crippen molar-refractivity contribution in [2.24, 2.45) is 0 Å². The number of pyridine rings is 1. The maximum atomic E-state index is 13.2. The van der Waals surface area contributed by atoms with Crippen molar-refractivity contribution in [2.45, 2.75) is 0 Å². The van der Waals surface area contributed by atoms with E-state index in [9.17, 15) is 4.39 Å². The van der Waals surface area contributed by atoms with Crippen LogP contribution in [0.5, 0.6) is 0 Å². The molecule has 2 nitrogen and oxygen atoms in total. The molecule has 0 fully saturated rings. The highest BCUT2D eigenvalue weighted by atomic mass is 35.5. The number of rotatable bonds is 1. The first-order chi connectivity index (χ1) is 7.69. The van der Waals surface area contributed by atoms with Crippen LogP contribution in [0, 0.1) is 17.1 Å². The van der Waals surface area contributed by atoms with Crippen molar-refractivity contribution in [3.63, 3.8) is 0 Å². The molecular weight excluding hydrogens is 227 g/mol. The molecule has 1 aromatic carbocycles. The third kappa shape index (κ3) is 2.18. The Balaban J connectivity index is 2.56. The van der Waals surface area contributed by atoms with Gasteiger partial charge in [-0.15, -0.1) is 0 Å². The van der Waals surface area contributed by atoms with E-state index in [4.69, 9.17) is 16.9 Å². The summed E-state index contributed by atoms with van der Waals surface area (Å²) < 4.78 is 13.2. The molecule has 1 aromatic heterocycles. The summed E-state index contributed by atoms with van der Waals surface area (Å²) in [6.45, 7) is 0. The molecule has 0 unspecified atom stereocenters. The Bertz CT molecular complexity index is 575. The molecule has 2 rings (SSSR count). The van der Waals surface area contributed by atoms with Crippen LogP contribution in [0.4, 0.5) is 4.39 Å². The molecule has 78 valence electrons. The summed E-state index contributed by atoms with van der Waals surface area (Å²) in [6.07, 6.45) is 0. The number of aromatic nitrogens is 1. The molecule has 0 amide bonds. The maximum absolute atomic E-state index is 13.2. The van der Waals surface area contributed by atoms with Crippen molar-refractivity contribution in [3.05, 3.63) is 52.9 Å². The lowest BCUT2D eigenvalue weighted by molar-refractivity contribution is 0.628. The minimum absolute atomic E-state index is 0.261. The molecule has 0 radical (unpaired) electrons. The maximum Gasteiger partial charge on any atom is 0.129 e. The van der Waals surface area contributed by atoms with E-state index in [1.165, 1.54) is 12.1 Å². The van der Waals surface area contributed by atoms with Gasteiger partial charge in [-0.05, 0) is 30.3 Å². The summed E-state index contributed by atoms with van der Waals surface area (Å²) in [6, 6.07) is 11.0. The summed E-state index contributed by atoms with van der Waals surface area (Å²) in [5.41, 5.74) is 1.35. The van der Waals surface area contributed by atoms with Gasteiger partial charge in [0.25, 0.3) is 0 Å². The molecule has 2 aromatic rings. The number of hydrogen-bond acceptors (Lipinski definition) is 2. The van der Waals surface area contributed by atoms with Gasteiger partial charge in [-0.3, -0.25) is 0 Å². The minimum atomic E-state index is -0.462. The molecule has 16 heavy (non-hydrogen) atoms. The lowest BCUT2D eigenvalue weighted by Crippen LogP contribution is -1.87. The van der Waals surface area contributed by atoms with E-state index in [0.717, 1.165) is 0 Å². The van der Waals surface area contributed by atoms with Crippen LogP contribution in [0.15, 0.2) is 36.4 Å². The highest BCUT2D eigenvalue weighted by Gasteiger charge is 2.04. The Morgan fingerprint density at radius 3 is 2.75 bits per heavy atom. The summed E-state index contributed by atoms with van der Waals surface area (Å²) in [5.74, 6) is -0.462. The number of halogens is 2. The Morgan fingerprint density at radius 1 is 1.25 bits per heavy atom. The molecular formula is C12H6ClFN2. The van der Waals surface area contributed by atoms with Crippen LogP contribution < -0.4 is 0 Å². The molecule has 0 saturated heterocycles. The second-order valence-electron chi connectivity index (χ2n) is 3.19. The second-order valence-corrected chi connectivity index (χ2v) is 3.57. The predicted molar refractivity (Wildman–Crippen MR) is 59.4 cm³/mol. The van der Waals surface area contributed by atoms with Gasteiger partial charge in [0.15, 0.2) is 0 Å². The zero-order valence-electron chi connectivity index (χ0n) is 8.11. The summed E-state index contributed by atoms with van der Waals surface area (Å²) >= 11 is 5.74. The average Bonchev–Trinajstić information content (AvgIpc) is 2.28. The minimum Gasteiger partial charge on any atom is -0.236 e. The third-order valence-corrected chi connectivity index (χ3v) is 2.25. The van der Waals surface area contributed by atoms with Crippen LogP contribution >= 0.6 is 11.6 Å². The van der Waals surface area contributed by atoms with Gasteiger partial charge in [0, 0.05) is 5.56 Å². The fourth-order valence-corrected chi connectivity index (χ4v) is 1.53. The zero-order valence-corrected chi connectivity index (χ0v) is 8.87. The van der Waals surface area contributed by atoms with Crippen molar-refractivity contribution in [2.75, 3.05) is 0 Å². The van der Waals surface area contributed by atoms with E-state index in [1.807, 2.05) is 6.07 Å². The number of benzene rings is 1. The van der Waals surface area contributed by atoms with Crippen molar-refractivity contribution >= 4 is 11.6 Å². The molecule has 0 N–H and O–H groups in total. The topological polar surface area (TPSA) is 36.7 Å². The standard InChI is InChI=1S/C12H6ClFN2/c13-12-3-1-2-11(16-12)9-4-8(7-15)5-10(14)6-9/h1-6H. The normalized spacial score (nSPS) is 9.81. The molecule has 0 spiro atoms.